The minimum atomic E-state index is -1.19. The first-order valence-corrected chi connectivity index (χ1v) is 12.8. The van der Waals surface area contributed by atoms with Gasteiger partial charge in [0.25, 0.3) is 5.91 Å². The number of benzene rings is 1. The van der Waals surface area contributed by atoms with Crippen molar-refractivity contribution >= 4 is 5.91 Å². The predicted octanol–water partition coefficient (Wildman–Crippen LogP) is 3.17. The number of nitrogens with one attached hydrogen (secondary N) is 2. The second-order valence-corrected chi connectivity index (χ2v) is 11.7. The zero-order chi connectivity index (χ0) is 26.8. The molecule has 1 aliphatic carbocycles. The van der Waals surface area contributed by atoms with Gasteiger partial charge < -0.3 is 25.6 Å². The Labute approximate surface area is 216 Å². The zero-order valence-corrected chi connectivity index (χ0v) is 21.6. The molecule has 1 saturated carbocycles. The van der Waals surface area contributed by atoms with Crippen molar-refractivity contribution in [3.05, 3.63) is 59.0 Å². The van der Waals surface area contributed by atoms with Crippen LogP contribution < -0.4 is 15.4 Å². The van der Waals surface area contributed by atoms with Gasteiger partial charge in [0, 0.05) is 43.6 Å². The van der Waals surface area contributed by atoms with Crippen LogP contribution in [0.25, 0.3) is 0 Å². The predicted molar refractivity (Wildman–Crippen MR) is 135 cm³/mol. The lowest BCUT2D eigenvalue weighted by Crippen LogP contribution is -2.56. The summed E-state index contributed by atoms with van der Waals surface area (Å²) in [5.41, 5.74) is 2.25. The average molecular weight is 518 g/mol. The third-order valence-corrected chi connectivity index (χ3v) is 7.02. The van der Waals surface area contributed by atoms with Crippen molar-refractivity contribution in [2.75, 3.05) is 13.2 Å². The number of pyridine rings is 1. The lowest BCUT2D eigenvalue weighted by Gasteiger charge is -2.50. The number of rotatable bonds is 9. The average Bonchev–Trinajstić information content (AvgIpc) is 2.81. The van der Waals surface area contributed by atoms with E-state index in [4.69, 9.17) is 4.74 Å². The van der Waals surface area contributed by atoms with Crippen LogP contribution in [-0.4, -0.2) is 58.2 Å². The van der Waals surface area contributed by atoms with E-state index in [0.29, 0.717) is 30.7 Å². The highest BCUT2D eigenvalue weighted by atomic mass is 19.1. The molecule has 7 nitrogen and oxygen atoms in total. The van der Waals surface area contributed by atoms with Gasteiger partial charge in [0.1, 0.15) is 11.4 Å². The van der Waals surface area contributed by atoms with Gasteiger partial charge in [-0.15, -0.1) is 0 Å². The van der Waals surface area contributed by atoms with E-state index in [1.807, 2.05) is 6.20 Å². The SMILES string of the molecule is CC(C)(C)Cc1cnc2c(c1)[C@@H](NC[C@@H](O)[C@H](Cc1ccc(F)cc1)NC(=O)CF)CC1(CC(O)C1)O2. The van der Waals surface area contributed by atoms with Crippen LogP contribution in [0.5, 0.6) is 5.88 Å². The van der Waals surface area contributed by atoms with Gasteiger partial charge in [-0.05, 0) is 47.6 Å². The van der Waals surface area contributed by atoms with Crippen LogP contribution in [0.4, 0.5) is 8.78 Å². The van der Waals surface area contributed by atoms with E-state index in [1.54, 1.807) is 12.1 Å². The van der Waals surface area contributed by atoms with Crippen molar-refractivity contribution in [3.63, 3.8) is 0 Å². The summed E-state index contributed by atoms with van der Waals surface area (Å²) in [6, 6.07) is 6.88. The molecule has 1 aliphatic heterocycles. The molecular formula is C28H37F2N3O4. The van der Waals surface area contributed by atoms with Crippen molar-refractivity contribution in [1.29, 1.82) is 0 Å². The number of aliphatic hydroxyl groups is 2. The maximum atomic E-state index is 13.3. The summed E-state index contributed by atoms with van der Waals surface area (Å²) in [5, 5.41) is 27.0. The summed E-state index contributed by atoms with van der Waals surface area (Å²) in [6.07, 6.45) is 3.05. The lowest BCUT2D eigenvalue weighted by molar-refractivity contribution is -0.123. The maximum absolute atomic E-state index is 13.3. The van der Waals surface area contributed by atoms with Crippen molar-refractivity contribution in [2.24, 2.45) is 5.41 Å². The minimum Gasteiger partial charge on any atom is -0.471 e. The number of carbonyl (C=O) groups is 1. The summed E-state index contributed by atoms with van der Waals surface area (Å²) in [5.74, 6) is -0.680. The summed E-state index contributed by atoms with van der Waals surface area (Å²) in [4.78, 5) is 16.4. The number of fused-ring (bicyclic) bond motifs is 1. The van der Waals surface area contributed by atoms with Crippen molar-refractivity contribution in [3.8, 4) is 5.88 Å². The van der Waals surface area contributed by atoms with E-state index in [0.717, 1.165) is 17.5 Å². The van der Waals surface area contributed by atoms with E-state index in [-0.39, 0.29) is 30.2 Å². The molecule has 1 aromatic carbocycles. The van der Waals surface area contributed by atoms with E-state index in [1.165, 1.54) is 12.1 Å². The highest BCUT2D eigenvalue weighted by Gasteiger charge is 2.51. The monoisotopic (exact) mass is 517 g/mol. The van der Waals surface area contributed by atoms with Gasteiger partial charge in [-0.3, -0.25) is 4.79 Å². The number of hydrogen-bond acceptors (Lipinski definition) is 6. The van der Waals surface area contributed by atoms with Crippen LogP contribution in [0.2, 0.25) is 0 Å². The largest absolute Gasteiger partial charge is 0.471 e. The summed E-state index contributed by atoms with van der Waals surface area (Å²) < 4.78 is 32.5. The van der Waals surface area contributed by atoms with Gasteiger partial charge in [0.15, 0.2) is 6.67 Å². The van der Waals surface area contributed by atoms with Gasteiger partial charge in [-0.1, -0.05) is 32.9 Å². The van der Waals surface area contributed by atoms with Crippen LogP contribution in [0.15, 0.2) is 36.5 Å². The number of amides is 1. The molecule has 1 amide bonds. The fraction of sp³-hybridized carbons (Fsp3) is 0.571. The molecule has 4 N–H and O–H groups in total. The number of aromatic nitrogens is 1. The Bertz CT molecular complexity index is 1080. The van der Waals surface area contributed by atoms with Crippen molar-refractivity contribution < 1.29 is 28.5 Å². The smallest absolute Gasteiger partial charge is 0.251 e. The fourth-order valence-electron chi connectivity index (χ4n) is 5.33. The third kappa shape index (κ3) is 7.03. The topological polar surface area (TPSA) is 104 Å². The maximum Gasteiger partial charge on any atom is 0.251 e. The molecule has 0 saturated heterocycles. The number of alkyl halides is 1. The first kappa shape index (κ1) is 27.4. The summed E-state index contributed by atoms with van der Waals surface area (Å²) in [6.45, 7) is 5.40. The van der Waals surface area contributed by atoms with Crippen molar-refractivity contribution in [2.45, 2.75) is 82.8 Å². The van der Waals surface area contributed by atoms with Crippen molar-refractivity contribution in [1.82, 2.24) is 15.6 Å². The van der Waals surface area contributed by atoms with Crippen LogP contribution in [-0.2, 0) is 17.6 Å². The van der Waals surface area contributed by atoms with Gasteiger partial charge in [-0.2, -0.15) is 0 Å². The molecule has 2 aliphatic rings. The molecule has 37 heavy (non-hydrogen) atoms. The minimum absolute atomic E-state index is 0.0755. The molecule has 1 fully saturated rings. The van der Waals surface area contributed by atoms with Crippen LogP contribution in [0.1, 0.15) is 62.8 Å². The molecule has 2 heterocycles. The first-order chi connectivity index (χ1) is 17.4. The lowest BCUT2D eigenvalue weighted by atomic mass is 9.71. The molecule has 2 aromatic rings. The standard InChI is InChI=1S/C28H37F2N3O4/c1-27(2,3)10-18-8-21-23(13-28(11-20(34)12-28)37-26(21)32-15-18)31-16-24(35)22(33-25(36)14-29)9-17-4-6-19(30)7-5-17/h4-8,15,20,22-24,31,34-35H,9-14,16H2,1-3H3,(H,33,36)/t20?,22-,23-,24+,28?/m0/s1. The second-order valence-electron chi connectivity index (χ2n) is 11.7. The van der Waals surface area contributed by atoms with Gasteiger partial charge in [-0.25, -0.2) is 13.8 Å². The van der Waals surface area contributed by atoms with Crippen LogP contribution in [0.3, 0.4) is 0 Å². The van der Waals surface area contributed by atoms with E-state index in [9.17, 15) is 23.8 Å². The Hall–Kier alpha value is -2.62. The fourth-order valence-corrected chi connectivity index (χ4v) is 5.33. The van der Waals surface area contributed by atoms with Crippen LogP contribution >= 0.6 is 0 Å². The molecule has 202 valence electrons. The molecular weight excluding hydrogens is 480 g/mol. The Balaban J connectivity index is 1.51. The Morgan fingerprint density at radius 2 is 1.92 bits per heavy atom. The molecule has 1 aromatic heterocycles. The van der Waals surface area contributed by atoms with E-state index in [2.05, 4.69) is 42.5 Å². The third-order valence-electron chi connectivity index (χ3n) is 7.02. The molecule has 0 unspecified atom stereocenters. The number of halogens is 2. The van der Waals surface area contributed by atoms with Gasteiger partial charge >= 0.3 is 0 Å². The summed E-state index contributed by atoms with van der Waals surface area (Å²) >= 11 is 0. The zero-order valence-electron chi connectivity index (χ0n) is 21.6. The quantitative estimate of drug-likeness (QED) is 0.408. The Morgan fingerprint density at radius 1 is 1.22 bits per heavy atom. The number of aliphatic hydroxyl groups excluding tert-OH is 2. The van der Waals surface area contributed by atoms with Gasteiger partial charge in [0.2, 0.25) is 5.88 Å². The molecule has 3 atom stereocenters. The number of nitrogens with zero attached hydrogens (tertiary/aromatic N) is 1. The number of ether oxygens (including phenoxy) is 1. The molecule has 0 bridgehead atoms. The Morgan fingerprint density at radius 3 is 2.54 bits per heavy atom. The molecule has 0 radical (unpaired) electrons. The summed E-state index contributed by atoms with van der Waals surface area (Å²) in [7, 11) is 0. The number of carbonyl (C=O) groups excluding carboxylic acids is 1. The molecule has 1 spiro atoms. The van der Waals surface area contributed by atoms with E-state index >= 15 is 0 Å². The van der Waals surface area contributed by atoms with E-state index < -0.39 is 36.4 Å². The van der Waals surface area contributed by atoms with Crippen LogP contribution in [0, 0.1) is 11.2 Å². The first-order valence-electron chi connectivity index (χ1n) is 12.8. The Kier molecular flexibility index (Phi) is 8.16. The number of hydrogen-bond donors (Lipinski definition) is 4. The normalized spacial score (nSPS) is 24.5. The van der Waals surface area contributed by atoms with Gasteiger partial charge in [0.05, 0.1) is 18.2 Å². The molecule has 9 heteroatoms. The highest BCUT2D eigenvalue weighted by molar-refractivity contribution is 5.77. The second kappa shape index (κ2) is 11.0. The highest BCUT2D eigenvalue weighted by Crippen LogP contribution is 2.48. The molecule has 4 rings (SSSR count).